The van der Waals surface area contributed by atoms with E-state index in [1.807, 2.05) is 31.2 Å². The zero-order valence-corrected chi connectivity index (χ0v) is 12.0. The minimum absolute atomic E-state index is 0.189. The maximum Gasteiger partial charge on any atom is 0.123 e. The summed E-state index contributed by atoms with van der Waals surface area (Å²) in [6.45, 7) is 5.62. The Morgan fingerprint density at radius 1 is 1.15 bits per heavy atom. The van der Waals surface area contributed by atoms with Crippen LogP contribution in [-0.2, 0) is 6.54 Å². The molecule has 2 nitrogen and oxygen atoms in total. The summed E-state index contributed by atoms with van der Waals surface area (Å²) in [4.78, 5) is 2.22. The van der Waals surface area contributed by atoms with E-state index in [0.29, 0.717) is 0 Å². The van der Waals surface area contributed by atoms with Gasteiger partial charge in [-0.3, -0.25) is 0 Å². The molecular weight excluding hydrogens is 251 g/mol. The van der Waals surface area contributed by atoms with Crippen LogP contribution in [-0.4, -0.2) is 6.54 Å². The number of benzene rings is 2. The zero-order chi connectivity index (χ0) is 14.5. The highest BCUT2D eigenvalue weighted by molar-refractivity contribution is 5.55. The standard InChI is InChI=1S/C17H21FN2/c1-3-20(12-14-7-5-4-6-8-14)17-10-9-15(18)11-16(17)13(2)19/h4-11,13H,3,12,19H2,1-2H3. The number of nitrogens with zero attached hydrogens (tertiary/aromatic N) is 1. The highest BCUT2D eigenvalue weighted by Crippen LogP contribution is 2.27. The highest BCUT2D eigenvalue weighted by atomic mass is 19.1. The second kappa shape index (κ2) is 6.53. The average Bonchev–Trinajstić information content (AvgIpc) is 2.46. The van der Waals surface area contributed by atoms with E-state index in [-0.39, 0.29) is 11.9 Å². The Bertz CT molecular complexity index is 552. The van der Waals surface area contributed by atoms with E-state index in [2.05, 4.69) is 24.0 Å². The van der Waals surface area contributed by atoms with Crippen LogP contribution in [0.2, 0.25) is 0 Å². The molecule has 1 unspecified atom stereocenters. The molecule has 1 atom stereocenters. The minimum Gasteiger partial charge on any atom is -0.367 e. The molecule has 20 heavy (non-hydrogen) atoms. The molecule has 3 heteroatoms. The van der Waals surface area contributed by atoms with Gasteiger partial charge in [-0.1, -0.05) is 30.3 Å². The molecule has 0 aliphatic rings. The number of hydrogen-bond acceptors (Lipinski definition) is 2. The molecule has 106 valence electrons. The predicted molar refractivity (Wildman–Crippen MR) is 82.2 cm³/mol. The zero-order valence-electron chi connectivity index (χ0n) is 12.0. The van der Waals surface area contributed by atoms with E-state index in [4.69, 9.17) is 5.73 Å². The van der Waals surface area contributed by atoms with Gasteiger partial charge in [0.25, 0.3) is 0 Å². The molecule has 0 fully saturated rings. The monoisotopic (exact) mass is 272 g/mol. The topological polar surface area (TPSA) is 29.3 Å². The van der Waals surface area contributed by atoms with Crippen molar-refractivity contribution >= 4 is 5.69 Å². The fourth-order valence-electron chi connectivity index (χ4n) is 2.35. The fraction of sp³-hybridized carbons (Fsp3) is 0.294. The molecule has 0 aliphatic heterocycles. The molecule has 2 aromatic carbocycles. The first-order valence-electron chi connectivity index (χ1n) is 6.95. The van der Waals surface area contributed by atoms with Crippen LogP contribution in [0.4, 0.5) is 10.1 Å². The first kappa shape index (κ1) is 14.5. The van der Waals surface area contributed by atoms with Gasteiger partial charge in [0.05, 0.1) is 0 Å². The number of halogens is 1. The van der Waals surface area contributed by atoms with Crippen molar-refractivity contribution in [2.75, 3.05) is 11.4 Å². The third-order valence-electron chi connectivity index (χ3n) is 3.42. The van der Waals surface area contributed by atoms with E-state index in [0.717, 1.165) is 24.3 Å². The Labute approximate surface area is 120 Å². The lowest BCUT2D eigenvalue weighted by molar-refractivity contribution is 0.621. The third kappa shape index (κ3) is 3.36. The first-order valence-corrected chi connectivity index (χ1v) is 6.95. The van der Waals surface area contributed by atoms with Crippen molar-refractivity contribution < 1.29 is 4.39 Å². The lowest BCUT2D eigenvalue weighted by atomic mass is 10.0. The average molecular weight is 272 g/mol. The summed E-state index contributed by atoms with van der Waals surface area (Å²) in [6, 6.07) is 14.9. The lowest BCUT2D eigenvalue weighted by Gasteiger charge is -2.27. The second-order valence-electron chi connectivity index (χ2n) is 4.99. The number of rotatable bonds is 5. The Morgan fingerprint density at radius 2 is 1.85 bits per heavy atom. The van der Waals surface area contributed by atoms with Gasteiger partial charge in [-0.2, -0.15) is 0 Å². The normalized spacial score (nSPS) is 12.2. The number of nitrogens with two attached hydrogens (primary N) is 1. The van der Waals surface area contributed by atoms with E-state index in [9.17, 15) is 4.39 Å². The molecule has 2 N–H and O–H groups in total. The number of hydrogen-bond donors (Lipinski definition) is 1. The molecule has 0 radical (unpaired) electrons. The molecule has 0 amide bonds. The highest BCUT2D eigenvalue weighted by Gasteiger charge is 2.14. The van der Waals surface area contributed by atoms with Crippen LogP contribution in [0.5, 0.6) is 0 Å². The van der Waals surface area contributed by atoms with Crippen LogP contribution in [0.15, 0.2) is 48.5 Å². The van der Waals surface area contributed by atoms with Gasteiger partial charge >= 0.3 is 0 Å². The maximum absolute atomic E-state index is 13.4. The maximum atomic E-state index is 13.4. The van der Waals surface area contributed by atoms with Crippen molar-refractivity contribution in [1.29, 1.82) is 0 Å². The molecule has 0 saturated heterocycles. The summed E-state index contributed by atoms with van der Waals surface area (Å²) in [5, 5.41) is 0. The molecule has 0 heterocycles. The van der Waals surface area contributed by atoms with Gasteiger partial charge in [0, 0.05) is 24.8 Å². The molecule has 0 aliphatic carbocycles. The fourth-order valence-corrected chi connectivity index (χ4v) is 2.35. The molecular formula is C17H21FN2. The van der Waals surface area contributed by atoms with Crippen LogP contribution >= 0.6 is 0 Å². The van der Waals surface area contributed by atoms with E-state index >= 15 is 0 Å². The smallest absolute Gasteiger partial charge is 0.123 e. The van der Waals surface area contributed by atoms with Crippen molar-refractivity contribution in [3.05, 3.63) is 65.5 Å². The van der Waals surface area contributed by atoms with Crippen LogP contribution in [0.25, 0.3) is 0 Å². The number of anilines is 1. The van der Waals surface area contributed by atoms with Gasteiger partial charge in [-0.15, -0.1) is 0 Å². The summed E-state index contributed by atoms with van der Waals surface area (Å²) < 4.78 is 13.4. The lowest BCUT2D eigenvalue weighted by Crippen LogP contribution is -2.24. The minimum atomic E-state index is -0.239. The molecule has 0 spiro atoms. The quantitative estimate of drug-likeness (QED) is 0.895. The van der Waals surface area contributed by atoms with Crippen LogP contribution in [0, 0.1) is 5.82 Å². The largest absolute Gasteiger partial charge is 0.367 e. The Kier molecular flexibility index (Phi) is 4.74. The third-order valence-corrected chi connectivity index (χ3v) is 3.42. The summed E-state index contributed by atoms with van der Waals surface area (Å²) in [7, 11) is 0. The summed E-state index contributed by atoms with van der Waals surface area (Å²) in [5.41, 5.74) is 9.06. The molecule has 0 saturated carbocycles. The van der Waals surface area contributed by atoms with Crippen molar-refractivity contribution in [2.45, 2.75) is 26.4 Å². The molecule has 2 aromatic rings. The van der Waals surface area contributed by atoms with Gasteiger partial charge in [0.15, 0.2) is 0 Å². The summed E-state index contributed by atoms with van der Waals surface area (Å²) in [5.74, 6) is -0.239. The predicted octanol–water partition coefficient (Wildman–Crippen LogP) is 3.87. The molecule has 0 bridgehead atoms. The van der Waals surface area contributed by atoms with Crippen LogP contribution < -0.4 is 10.6 Å². The van der Waals surface area contributed by atoms with Crippen molar-refractivity contribution in [3.63, 3.8) is 0 Å². The van der Waals surface area contributed by atoms with Gasteiger partial charge in [-0.05, 0) is 43.2 Å². The van der Waals surface area contributed by atoms with Crippen molar-refractivity contribution in [2.24, 2.45) is 5.73 Å². The molecule has 0 aromatic heterocycles. The van der Waals surface area contributed by atoms with Gasteiger partial charge < -0.3 is 10.6 Å². The van der Waals surface area contributed by atoms with Crippen molar-refractivity contribution in [3.8, 4) is 0 Å². The van der Waals surface area contributed by atoms with Gasteiger partial charge in [-0.25, -0.2) is 4.39 Å². The van der Waals surface area contributed by atoms with Gasteiger partial charge in [0.2, 0.25) is 0 Å². The second-order valence-corrected chi connectivity index (χ2v) is 4.99. The van der Waals surface area contributed by atoms with Crippen LogP contribution in [0.3, 0.4) is 0 Å². The van der Waals surface area contributed by atoms with Crippen LogP contribution in [0.1, 0.15) is 31.0 Å². The van der Waals surface area contributed by atoms with E-state index < -0.39 is 0 Å². The summed E-state index contributed by atoms with van der Waals surface area (Å²) >= 11 is 0. The first-order chi connectivity index (χ1) is 9.61. The summed E-state index contributed by atoms with van der Waals surface area (Å²) in [6.07, 6.45) is 0. The van der Waals surface area contributed by atoms with Crippen molar-refractivity contribution in [1.82, 2.24) is 0 Å². The Hall–Kier alpha value is -1.87. The SMILES string of the molecule is CCN(Cc1ccccc1)c1ccc(F)cc1C(C)N. The van der Waals surface area contributed by atoms with Gasteiger partial charge in [0.1, 0.15) is 5.82 Å². The van der Waals surface area contributed by atoms with E-state index in [1.165, 1.54) is 17.7 Å². The Balaban J connectivity index is 2.32. The Morgan fingerprint density at radius 3 is 2.45 bits per heavy atom. The molecule has 2 rings (SSSR count). The van der Waals surface area contributed by atoms with E-state index in [1.54, 1.807) is 0 Å².